The minimum atomic E-state index is -0.352. The number of halogens is 3. The van der Waals surface area contributed by atoms with Gasteiger partial charge in [0, 0.05) is 5.41 Å². The van der Waals surface area contributed by atoms with E-state index in [-0.39, 0.29) is 24.3 Å². The third-order valence-electron chi connectivity index (χ3n) is 4.43. The van der Waals surface area contributed by atoms with Crippen LogP contribution in [-0.2, 0) is 10.2 Å². The Hall–Kier alpha value is -1.11. The molecule has 0 bridgehead atoms. The van der Waals surface area contributed by atoms with Gasteiger partial charge in [-0.1, -0.05) is 61.1 Å². The second kappa shape index (κ2) is 11.3. The highest BCUT2D eigenvalue weighted by atomic mass is 35.5. The van der Waals surface area contributed by atoms with Crippen LogP contribution in [0.3, 0.4) is 0 Å². The highest BCUT2D eigenvalue weighted by Gasteiger charge is 2.25. The maximum atomic E-state index is 11.7. The number of ketones is 1. The molecule has 0 radical (unpaired) electrons. The Morgan fingerprint density at radius 1 is 1.07 bits per heavy atom. The maximum Gasteiger partial charge on any atom is 0.184 e. The maximum absolute atomic E-state index is 11.7. The van der Waals surface area contributed by atoms with Crippen molar-refractivity contribution in [1.82, 2.24) is 4.72 Å². The van der Waals surface area contributed by atoms with Crippen LogP contribution in [0.1, 0.15) is 25.0 Å². The summed E-state index contributed by atoms with van der Waals surface area (Å²) in [6.07, 6.45) is 1.87. The fraction of sp³-hybridized carbons (Fsp3) is 0.381. The van der Waals surface area contributed by atoms with E-state index >= 15 is 0 Å². The van der Waals surface area contributed by atoms with Crippen LogP contribution in [0.2, 0.25) is 10.0 Å². The minimum Gasteiger partial charge on any atom is -0.489 e. The molecule has 2 rings (SSSR count). The molecule has 0 aliphatic heterocycles. The second-order valence-electron chi connectivity index (χ2n) is 6.81. The third-order valence-corrected chi connectivity index (χ3v) is 5.58. The Morgan fingerprint density at radius 3 is 2.24 bits per heavy atom. The zero-order valence-corrected chi connectivity index (χ0v) is 19.6. The molecule has 0 aromatic heterocycles. The molecule has 0 saturated carbocycles. The first-order valence-electron chi connectivity index (χ1n) is 8.98. The quantitative estimate of drug-likeness (QED) is 0.330. The number of carbonyl (C=O) groups is 1. The molecule has 0 aliphatic rings. The first-order chi connectivity index (χ1) is 13.8. The zero-order valence-electron chi connectivity index (χ0n) is 16.6. The highest BCUT2D eigenvalue weighted by molar-refractivity contribution is 7.96. The number of ether oxygens (including phenoxy) is 2. The van der Waals surface area contributed by atoms with Crippen molar-refractivity contribution in [3.05, 3.63) is 57.6 Å². The third kappa shape index (κ3) is 6.69. The van der Waals surface area contributed by atoms with Crippen molar-refractivity contribution >= 4 is 52.5 Å². The molecule has 1 N–H and O–H groups in total. The van der Waals surface area contributed by atoms with Gasteiger partial charge in [-0.2, -0.15) is 0 Å². The fourth-order valence-electron chi connectivity index (χ4n) is 2.70. The predicted octanol–water partition coefficient (Wildman–Crippen LogP) is 5.75. The minimum absolute atomic E-state index is 0.00971. The molecule has 0 fully saturated rings. The molecule has 158 valence electrons. The summed E-state index contributed by atoms with van der Waals surface area (Å²) in [6.45, 7) is 4.81. The fourth-order valence-corrected chi connectivity index (χ4v) is 3.68. The zero-order chi connectivity index (χ0) is 21.4. The normalized spacial score (nSPS) is 11.4. The lowest BCUT2D eigenvalue weighted by atomic mass is 9.78. The standard InChI is InChI=1S/C21H24Cl3NO3S/c1-21(2,15-10-18(23)20(19(24)11-15)27-9-8-22)14-4-6-17(7-5-14)28-13-16(26)12-25-29-3/h4-7,10-11,25H,8-9,12-13H2,1-3H3. The lowest BCUT2D eigenvalue weighted by Crippen LogP contribution is -2.22. The van der Waals surface area contributed by atoms with Crippen molar-refractivity contribution in [3.8, 4) is 11.5 Å². The van der Waals surface area contributed by atoms with Crippen LogP contribution in [0.25, 0.3) is 0 Å². The van der Waals surface area contributed by atoms with Gasteiger partial charge in [0.2, 0.25) is 0 Å². The molecule has 2 aromatic carbocycles. The summed E-state index contributed by atoms with van der Waals surface area (Å²) < 4.78 is 14.0. The van der Waals surface area contributed by atoms with Gasteiger partial charge in [-0.15, -0.1) is 11.6 Å². The summed E-state index contributed by atoms with van der Waals surface area (Å²) >= 11 is 19.8. The molecular formula is C21H24Cl3NO3S. The first-order valence-corrected chi connectivity index (χ1v) is 11.5. The first kappa shape index (κ1) is 24.2. The van der Waals surface area contributed by atoms with E-state index in [1.165, 1.54) is 11.9 Å². The monoisotopic (exact) mass is 475 g/mol. The number of nitrogens with one attached hydrogen (secondary N) is 1. The van der Waals surface area contributed by atoms with E-state index in [0.717, 1.165) is 11.1 Å². The largest absolute Gasteiger partial charge is 0.489 e. The number of Topliss-reactive ketones (excluding diaryl/α,β-unsaturated/α-hetero) is 1. The van der Waals surface area contributed by atoms with E-state index in [2.05, 4.69) is 18.6 Å². The van der Waals surface area contributed by atoms with E-state index in [0.29, 0.717) is 34.0 Å². The summed E-state index contributed by atoms with van der Waals surface area (Å²) in [5.41, 5.74) is 1.66. The van der Waals surface area contributed by atoms with E-state index in [4.69, 9.17) is 44.3 Å². The van der Waals surface area contributed by atoms with Gasteiger partial charge in [0.25, 0.3) is 0 Å². The van der Waals surface area contributed by atoms with E-state index < -0.39 is 0 Å². The SMILES string of the molecule is CSNCC(=O)COc1ccc(C(C)(C)c2cc(Cl)c(OCCCl)c(Cl)c2)cc1. The number of hydrogen-bond donors (Lipinski definition) is 1. The lowest BCUT2D eigenvalue weighted by Gasteiger charge is -2.27. The molecule has 2 aromatic rings. The molecule has 0 heterocycles. The molecule has 0 aliphatic carbocycles. The Kier molecular flexibility index (Phi) is 9.44. The summed E-state index contributed by atoms with van der Waals surface area (Å²) in [5.74, 6) is 1.43. The van der Waals surface area contributed by atoms with Crippen molar-refractivity contribution in [2.24, 2.45) is 0 Å². The van der Waals surface area contributed by atoms with Gasteiger partial charge >= 0.3 is 0 Å². The Labute approximate surface area is 191 Å². The van der Waals surface area contributed by atoms with Crippen LogP contribution in [0, 0.1) is 0 Å². The molecular weight excluding hydrogens is 453 g/mol. The van der Waals surface area contributed by atoms with Gasteiger partial charge < -0.3 is 9.47 Å². The topological polar surface area (TPSA) is 47.6 Å². The molecule has 29 heavy (non-hydrogen) atoms. The van der Waals surface area contributed by atoms with Crippen molar-refractivity contribution in [2.45, 2.75) is 19.3 Å². The van der Waals surface area contributed by atoms with Gasteiger partial charge in [0.1, 0.15) is 19.0 Å². The van der Waals surface area contributed by atoms with Crippen LogP contribution in [-0.4, -0.2) is 37.7 Å². The van der Waals surface area contributed by atoms with Gasteiger partial charge in [0.05, 0.1) is 22.5 Å². The molecule has 4 nitrogen and oxygen atoms in total. The van der Waals surface area contributed by atoms with Crippen molar-refractivity contribution < 1.29 is 14.3 Å². The molecule has 0 saturated heterocycles. The smallest absolute Gasteiger partial charge is 0.184 e. The molecule has 8 heteroatoms. The summed E-state index contributed by atoms with van der Waals surface area (Å²) in [5, 5.41) is 0.894. The van der Waals surface area contributed by atoms with Crippen LogP contribution >= 0.6 is 46.8 Å². The average molecular weight is 477 g/mol. The van der Waals surface area contributed by atoms with Crippen molar-refractivity contribution in [3.63, 3.8) is 0 Å². The van der Waals surface area contributed by atoms with E-state index in [1.807, 2.05) is 42.7 Å². The summed E-state index contributed by atoms with van der Waals surface area (Å²) in [7, 11) is 0. The van der Waals surface area contributed by atoms with Gasteiger partial charge in [-0.3, -0.25) is 9.52 Å². The van der Waals surface area contributed by atoms with Crippen LogP contribution in [0.15, 0.2) is 36.4 Å². The predicted molar refractivity (Wildman–Crippen MR) is 123 cm³/mol. The Balaban J connectivity index is 2.13. The number of carbonyl (C=O) groups excluding carboxylic acids is 1. The number of benzene rings is 2. The van der Waals surface area contributed by atoms with Crippen LogP contribution in [0.5, 0.6) is 11.5 Å². The van der Waals surface area contributed by atoms with Crippen LogP contribution in [0.4, 0.5) is 0 Å². The Bertz CT molecular complexity index is 805. The molecule has 0 spiro atoms. The number of alkyl halides is 1. The highest BCUT2D eigenvalue weighted by Crippen LogP contribution is 2.40. The van der Waals surface area contributed by atoms with E-state index in [1.54, 1.807) is 0 Å². The second-order valence-corrected chi connectivity index (χ2v) is 8.70. The number of hydrogen-bond acceptors (Lipinski definition) is 5. The van der Waals surface area contributed by atoms with Gasteiger partial charge in [0.15, 0.2) is 11.5 Å². The van der Waals surface area contributed by atoms with Crippen LogP contribution < -0.4 is 14.2 Å². The Morgan fingerprint density at radius 2 is 1.69 bits per heavy atom. The van der Waals surface area contributed by atoms with Gasteiger partial charge in [-0.05, 0) is 41.6 Å². The summed E-state index contributed by atoms with van der Waals surface area (Å²) in [4.78, 5) is 11.7. The average Bonchev–Trinajstić information content (AvgIpc) is 2.70. The van der Waals surface area contributed by atoms with Crippen molar-refractivity contribution in [1.29, 1.82) is 0 Å². The molecule has 0 amide bonds. The molecule has 0 unspecified atom stereocenters. The van der Waals surface area contributed by atoms with Gasteiger partial charge in [-0.25, -0.2) is 0 Å². The van der Waals surface area contributed by atoms with Crippen molar-refractivity contribution in [2.75, 3.05) is 31.9 Å². The molecule has 0 atom stereocenters. The summed E-state index contributed by atoms with van der Waals surface area (Å²) in [6, 6.07) is 11.4. The lowest BCUT2D eigenvalue weighted by molar-refractivity contribution is -0.119. The number of rotatable bonds is 11. The van der Waals surface area contributed by atoms with E-state index in [9.17, 15) is 4.79 Å².